The van der Waals surface area contributed by atoms with Crippen molar-refractivity contribution in [3.8, 4) is 22.3 Å². The fourth-order valence-electron chi connectivity index (χ4n) is 13.1. The van der Waals surface area contributed by atoms with Crippen molar-refractivity contribution in [2.45, 2.75) is 187 Å². The lowest BCUT2D eigenvalue weighted by Gasteiger charge is -2.37. The molecule has 26 nitrogen and oxygen atoms in total. The van der Waals surface area contributed by atoms with Gasteiger partial charge in [-0.25, -0.2) is 36.9 Å². The van der Waals surface area contributed by atoms with Crippen molar-refractivity contribution < 1.29 is 65.9 Å². The average molecular weight is 1570 g/mol. The molecule has 111 heavy (non-hydrogen) atoms. The molecule has 8 N–H and O–H groups in total. The molecule has 0 heterocycles. The molecular weight excluding hydrogens is 1450 g/mol. The van der Waals surface area contributed by atoms with Crippen LogP contribution in [0.1, 0.15) is 173 Å². The number of amides is 7. The molecule has 7 amide bonds. The SMILES string of the molecule is [C-]#[N+]CCOP(OC(CNC(=O)CCCCCNC(=O)OCC1C=CC=CC1)CNC(=O)CCCCCNC(=O)OCC1c2ccccc2-c2ccccc21)N(C(C)C)C(C)C.[C-]#[N+]CCOP(OC(CNC(=O)CCCNC)CNC(=O)CCCNC(=O)OCC1c2ccccc2-c2ccccc21)N(C(C)C)C(C)C. The van der Waals surface area contributed by atoms with E-state index in [-0.39, 0.29) is 144 Å². The third-order valence-corrected chi connectivity index (χ3v) is 22.8. The number of rotatable bonds is 50. The van der Waals surface area contributed by atoms with Crippen molar-refractivity contribution >= 4 is 59.0 Å². The fraction of sp³-hybridized carbons (Fsp3) is 0.554. The Morgan fingerprint density at radius 1 is 0.432 bits per heavy atom. The van der Waals surface area contributed by atoms with Gasteiger partial charge in [0.25, 0.3) is 17.1 Å². The molecule has 28 heteroatoms. The van der Waals surface area contributed by atoms with Crippen LogP contribution in [0.5, 0.6) is 0 Å². The molecule has 4 aromatic carbocycles. The zero-order valence-corrected chi connectivity index (χ0v) is 68.2. The molecule has 0 radical (unpaired) electrons. The maximum absolute atomic E-state index is 13.0. The Balaban J connectivity index is 0.000000356. The number of carbonyl (C=O) groups is 7. The van der Waals surface area contributed by atoms with Gasteiger partial charge in [-0.05, 0) is 158 Å². The van der Waals surface area contributed by atoms with Gasteiger partial charge in [0.1, 0.15) is 38.6 Å². The highest BCUT2D eigenvalue weighted by Crippen LogP contribution is 2.49. The Kier molecular flexibility index (Phi) is 42.9. The summed E-state index contributed by atoms with van der Waals surface area (Å²) in [6, 6.07) is 33.2. The normalized spacial score (nSPS) is 14.4. The number of allylic oxidation sites excluding steroid dienone is 3. The van der Waals surface area contributed by atoms with Gasteiger partial charge >= 0.3 is 18.3 Å². The van der Waals surface area contributed by atoms with Gasteiger partial charge in [0.05, 0.1) is 6.61 Å². The van der Waals surface area contributed by atoms with Crippen molar-refractivity contribution in [3.63, 3.8) is 0 Å². The zero-order valence-electron chi connectivity index (χ0n) is 66.4. The summed E-state index contributed by atoms with van der Waals surface area (Å²) in [7, 11) is -1.34. The molecule has 0 bridgehead atoms. The lowest BCUT2D eigenvalue weighted by molar-refractivity contribution is -0.123. The Morgan fingerprint density at radius 2 is 0.766 bits per heavy atom. The first-order valence-electron chi connectivity index (χ1n) is 39.3. The summed E-state index contributed by atoms with van der Waals surface area (Å²) in [5, 5.41) is 23.2. The first-order chi connectivity index (χ1) is 53.7. The maximum atomic E-state index is 13.0. The van der Waals surface area contributed by atoms with Crippen molar-refractivity contribution in [2.24, 2.45) is 5.92 Å². The van der Waals surface area contributed by atoms with Crippen molar-refractivity contribution in [3.05, 3.63) is 166 Å². The molecule has 0 fully saturated rings. The first-order valence-corrected chi connectivity index (χ1v) is 41.5. The summed E-state index contributed by atoms with van der Waals surface area (Å²) in [5.74, 6) is -0.402. The van der Waals surface area contributed by atoms with Crippen LogP contribution in [0.15, 0.2) is 121 Å². The highest BCUT2D eigenvalue weighted by atomic mass is 31.2. The Hall–Kier alpha value is -8.39. The van der Waals surface area contributed by atoms with E-state index in [2.05, 4.69) is 116 Å². The molecule has 5 atom stereocenters. The summed E-state index contributed by atoms with van der Waals surface area (Å²) in [4.78, 5) is 95.1. The average Bonchev–Trinajstić information content (AvgIpc) is 1.62. The predicted octanol–water partition coefficient (Wildman–Crippen LogP) is 13.6. The number of carbonyl (C=O) groups excluding carboxylic acids is 7. The summed E-state index contributed by atoms with van der Waals surface area (Å²) in [6.07, 6.45) is 12.8. The molecule has 0 aromatic heterocycles. The summed E-state index contributed by atoms with van der Waals surface area (Å²) >= 11 is 0. The van der Waals surface area contributed by atoms with Crippen molar-refractivity contribution in [1.82, 2.24) is 51.9 Å². The van der Waals surface area contributed by atoms with E-state index in [9.17, 15) is 33.6 Å². The Morgan fingerprint density at radius 3 is 1.10 bits per heavy atom. The molecule has 0 saturated heterocycles. The second-order valence-electron chi connectivity index (χ2n) is 28.5. The van der Waals surface area contributed by atoms with Crippen LogP contribution in [0.25, 0.3) is 31.9 Å². The van der Waals surface area contributed by atoms with Crippen LogP contribution in [-0.2, 0) is 51.5 Å². The van der Waals surface area contributed by atoms with Crippen molar-refractivity contribution in [1.29, 1.82) is 0 Å². The minimum absolute atomic E-state index is 0.00196. The minimum Gasteiger partial charge on any atom is -0.449 e. The molecule has 3 aliphatic carbocycles. The number of fused-ring (bicyclic) bond motifs is 6. The largest absolute Gasteiger partial charge is 0.449 e. The van der Waals surface area contributed by atoms with Gasteiger partial charge in [-0.15, -0.1) is 0 Å². The third kappa shape index (κ3) is 33.1. The van der Waals surface area contributed by atoms with E-state index in [1.165, 1.54) is 22.3 Å². The number of unbranched alkanes of at least 4 members (excludes halogenated alkanes) is 4. The van der Waals surface area contributed by atoms with Gasteiger partial charge in [-0.1, -0.05) is 134 Å². The second-order valence-corrected chi connectivity index (χ2v) is 31.3. The van der Waals surface area contributed by atoms with E-state index < -0.39 is 47.5 Å². The van der Waals surface area contributed by atoms with Gasteiger partial charge in [0, 0.05) is 113 Å². The quantitative estimate of drug-likeness (QED) is 0.00882. The molecule has 5 unspecified atom stereocenters. The topological polar surface area (TPSA) is 296 Å². The number of alkyl carbamates (subject to hydrolysis) is 3. The maximum Gasteiger partial charge on any atom is 0.407 e. The monoisotopic (exact) mass is 1570 g/mol. The first kappa shape index (κ1) is 91.5. The number of ether oxygens (including phenoxy) is 3. The van der Waals surface area contributed by atoms with E-state index in [0.717, 1.165) is 48.1 Å². The lowest BCUT2D eigenvalue weighted by atomic mass is 9.98. The van der Waals surface area contributed by atoms with Crippen LogP contribution >= 0.6 is 17.1 Å². The van der Waals surface area contributed by atoms with Crippen LogP contribution < -0.4 is 42.5 Å². The molecule has 606 valence electrons. The standard InChI is InChI=1S/C47H67N6O8P.C36H53N6O6P/c1-35(2)53(36(3)4)62(60-30-29-48-5)61-38(31-51-44(54)25-11-7-17-27-49-46(56)58-33-37-19-9-6-10-20-37)32-52-45(55)26-12-8-18-28-50-47(57)59-34-43-41-23-15-13-21-39(41)40-22-14-16-24-42(40)43;1-26(2)42(27(3)4)49(47-22-21-38-6)48-28(23-40-34(43)17-11-19-37-5)24-41-35(44)18-12-20-39-36(45)46-25-33-31-15-9-7-13-29(31)30-14-8-10-16-32(30)33/h6,9-10,13-16,19,21-24,35-38,43H,7-8,11-12,17-18,20,25-34H2,1-4H3,(H,49,56)(H,50,57)(H,51,54)(H,52,55);7-10,13-16,26-28,33,37H,11-12,17-25H2,1-5H3,(H,39,45)(H,40,43)(H,41,44). The van der Waals surface area contributed by atoms with Crippen LogP contribution in [0.2, 0.25) is 0 Å². The molecule has 7 rings (SSSR count). The van der Waals surface area contributed by atoms with Crippen LogP contribution in [0.4, 0.5) is 14.4 Å². The number of hydrogen-bond acceptors (Lipinski definition) is 17. The van der Waals surface area contributed by atoms with E-state index >= 15 is 0 Å². The fourth-order valence-corrected chi connectivity index (χ4v) is 16.5. The molecule has 4 aromatic rings. The van der Waals surface area contributed by atoms with Crippen LogP contribution in [-0.4, -0.2) is 193 Å². The van der Waals surface area contributed by atoms with E-state index in [0.29, 0.717) is 77.5 Å². The number of nitrogens with zero attached hydrogens (tertiary/aromatic N) is 4. The Bertz CT molecular complexity index is 3560. The van der Waals surface area contributed by atoms with E-state index in [1.54, 1.807) is 0 Å². The molecule has 0 spiro atoms. The predicted molar refractivity (Wildman–Crippen MR) is 436 cm³/mol. The number of benzene rings is 4. The van der Waals surface area contributed by atoms with Crippen molar-refractivity contribution in [2.75, 3.05) is 106 Å². The highest BCUT2D eigenvalue weighted by molar-refractivity contribution is 7.44. The zero-order chi connectivity index (χ0) is 80.1. The molecule has 0 aliphatic heterocycles. The highest BCUT2D eigenvalue weighted by Gasteiger charge is 2.35. The summed E-state index contributed by atoms with van der Waals surface area (Å²) in [5.41, 5.74) is 9.31. The van der Waals surface area contributed by atoms with E-state index in [4.69, 9.17) is 45.4 Å². The molecule has 0 saturated carbocycles. The minimum atomic E-state index is -1.61. The van der Waals surface area contributed by atoms with Crippen LogP contribution in [0.3, 0.4) is 0 Å². The van der Waals surface area contributed by atoms with Gasteiger partial charge in [0.15, 0.2) is 0 Å². The van der Waals surface area contributed by atoms with Gasteiger partial charge in [-0.2, -0.15) is 0 Å². The van der Waals surface area contributed by atoms with Gasteiger partial charge in [0.2, 0.25) is 36.7 Å². The lowest BCUT2D eigenvalue weighted by Crippen LogP contribution is -2.43. The Labute approximate surface area is 660 Å². The van der Waals surface area contributed by atoms with E-state index in [1.807, 2.05) is 129 Å². The molecule has 3 aliphatic rings. The second kappa shape index (κ2) is 52.0. The van der Waals surface area contributed by atoms with Gasteiger partial charge in [-0.3, -0.25) is 19.2 Å². The van der Waals surface area contributed by atoms with Crippen LogP contribution in [0, 0.1) is 19.1 Å². The smallest absolute Gasteiger partial charge is 0.407 e. The number of nitrogens with one attached hydrogen (secondary N) is 8. The molecular formula is C83H120N12O14P2. The summed E-state index contributed by atoms with van der Waals surface area (Å²) < 4.78 is 45.9. The number of hydrogen-bond donors (Lipinski definition) is 8. The van der Waals surface area contributed by atoms with Gasteiger partial charge < -0.3 is 84.5 Å². The summed E-state index contributed by atoms with van der Waals surface area (Å²) in [6.45, 7) is 35.0. The third-order valence-electron chi connectivity index (χ3n) is 18.5.